The molecule has 0 N–H and O–H groups in total. The first-order chi connectivity index (χ1) is 10.8. The monoisotopic (exact) mass is 303 g/mol. The van der Waals surface area contributed by atoms with Crippen LogP contribution in [0.1, 0.15) is 43.1 Å². The average molecular weight is 303 g/mol. The van der Waals surface area contributed by atoms with Gasteiger partial charge in [0.25, 0.3) is 5.91 Å². The molecule has 2 aliphatic heterocycles. The third-order valence-corrected chi connectivity index (χ3v) is 4.69. The van der Waals surface area contributed by atoms with E-state index in [1.54, 1.807) is 6.20 Å². The van der Waals surface area contributed by atoms with E-state index in [4.69, 9.17) is 4.74 Å². The molecule has 3 rings (SSSR count). The van der Waals surface area contributed by atoms with E-state index in [0.29, 0.717) is 38.0 Å². The number of hydrogen-bond donors (Lipinski definition) is 0. The maximum Gasteiger partial charge on any atom is 0.272 e. The molecule has 1 aromatic rings. The number of hydrogen-bond acceptors (Lipinski definition) is 4. The molecule has 0 radical (unpaired) electrons. The number of piperidine rings is 1. The van der Waals surface area contributed by atoms with Crippen molar-refractivity contribution in [3.8, 4) is 0 Å². The van der Waals surface area contributed by atoms with Crippen LogP contribution in [0.2, 0.25) is 0 Å². The van der Waals surface area contributed by atoms with E-state index in [-0.39, 0.29) is 5.91 Å². The van der Waals surface area contributed by atoms with E-state index in [0.717, 1.165) is 18.7 Å². The highest BCUT2D eigenvalue weighted by Gasteiger charge is 2.24. The number of anilines is 1. The average Bonchev–Trinajstić information content (AvgIpc) is 2.62. The number of amides is 1. The van der Waals surface area contributed by atoms with Gasteiger partial charge in [-0.25, -0.2) is 0 Å². The van der Waals surface area contributed by atoms with Crippen molar-refractivity contribution in [3.63, 3.8) is 0 Å². The number of rotatable bonds is 3. The third kappa shape index (κ3) is 3.24. The molecule has 22 heavy (non-hydrogen) atoms. The fourth-order valence-corrected chi connectivity index (χ4v) is 3.41. The van der Waals surface area contributed by atoms with Crippen LogP contribution >= 0.6 is 0 Å². The number of carbonyl (C=O) groups is 1. The molecule has 0 aromatic carbocycles. The van der Waals surface area contributed by atoms with Crippen molar-refractivity contribution in [1.29, 1.82) is 0 Å². The molecule has 3 heterocycles. The van der Waals surface area contributed by atoms with Crippen LogP contribution in [0.4, 0.5) is 5.69 Å². The van der Waals surface area contributed by atoms with Crippen LogP contribution in [0.3, 0.4) is 0 Å². The van der Waals surface area contributed by atoms with Crippen LogP contribution in [-0.2, 0) is 4.74 Å². The molecule has 0 aliphatic carbocycles. The Bertz CT molecular complexity index is 514. The van der Waals surface area contributed by atoms with Crippen LogP contribution in [0.25, 0.3) is 0 Å². The van der Waals surface area contributed by atoms with Gasteiger partial charge in [0.05, 0.1) is 13.2 Å². The topological polar surface area (TPSA) is 45.7 Å². The van der Waals surface area contributed by atoms with Gasteiger partial charge in [0.1, 0.15) is 5.69 Å². The molecule has 0 bridgehead atoms. The van der Waals surface area contributed by atoms with Gasteiger partial charge in [0.2, 0.25) is 0 Å². The first kappa shape index (κ1) is 15.3. The SMILES string of the molecule is CCC1CCCCN1c1ccnc(C(=O)N2CCOCC2)c1. The maximum absolute atomic E-state index is 12.6. The molecule has 1 aromatic heterocycles. The van der Waals surface area contributed by atoms with Gasteiger partial charge in [-0.1, -0.05) is 6.92 Å². The second-order valence-corrected chi connectivity index (χ2v) is 6.06. The van der Waals surface area contributed by atoms with Crippen LogP contribution in [0.15, 0.2) is 18.3 Å². The zero-order chi connectivity index (χ0) is 15.4. The number of nitrogens with zero attached hydrogens (tertiary/aromatic N) is 3. The van der Waals surface area contributed by atoms with Crippen LogP contribution < -0.4 is 4.90 Å². The summed E-state index contributed by atoms with van der Waals surface area (Å²) >= 11 is 0. The van der Waals surface area contributed by atoms with Crippen molar-refractivity contribution in [2.45, 2.75) is 38.6 Å². The Hall–Kier alpha value is -1.62. The fraction of sp³-hybridized carbons (Fsp3) is 0.647. The lowest BCUT2D eigenvalue weighted by atomic mass is 9.99. The molecule has 2 aliphatic rings. The van der Waals surface area contributed by atoms with Crippen molar-refractivity contribution < 1.29 is 9.53 Å². The van der Waals surface area contributed by atoms with Gasteiger partial charge < -0.3 is 14.5 Å². The second-order valence-electron chi connectivity index (χ2n) is 6.06. The molecule has 5 heteroatoms. The van der Waals surface area contributed by atoms with Gasteiger partial charge in [0, 0.05) is 37.6 Å². The highest BCUT2D eigenvalue weighted by Crippen LogP contribution is 2.26. The summed E-state index contributed by atoms with van der Waals surface area (Å²) in [5, 5.41) is 0. The minimum Gasteiger partial charge on any atom is -0.378 e. The smallest absolute Gasteiger partial charge is 0.272 e. The standard InChI is InChI=1S/C17H25N3O2/c1-2-14-5-3-4-8-20(14)15-6-7-18-16(13-15)17(21)19-9-11-22-12-10-19/h6-7,13-14H,2-5,8-12H2,1H3. The van der Waals surface area contributed by atoms with Gasteiger partial charge in [0.15, 0.2) is 0 Å². The first-order valence-electron chi connectivity index (χ1n) is 8.39. The van der Waals surface area contributed by atoms with E-state index in [1.807, 2.05) is 17.0 Å². The zero-order valence-corrected chi connectivity index (χ0v) is 13.3. The molecule has 2 saturated heterocycles. The molecular formula is C17H25N3O2. The normalized spacial score (nSPS) is 22.7. The number of carbonyl (C=O) groups excluding carboxylic acids is 1. The Labute approximate surface area is 132 Å². The van der Waals surface area contributed by atoms with E-state index < -0.39 is 0 Å². The quantitative estimate of drug-likeness (QED) is 0.860. The Balaban J connectivity index is 1.78. The largest absolute Gasteiger partial charge is 0.378 e. The van der Waals surface area contributed by atoms with Gasteiger partial charge in [-0.05, 0) is 37.8 Å². The van der Waals surface area contributed by atoms with Crippen LogP contribution in [0, 0.1) is 0 Å². The predicted octanol–water partition coefficient (Wildman–Crippen LogP) is 2.32. The summed E-state index contributed by atoms with van der Waals surface area (Å²) in [6.45, 7) is 5.88. The van der Waals surface area contributed by atoms with Gasteiger partial charge in [-0.2, -0.15) is 0 Å². The van der Waals surface area contributed by atoms with Crippen LogP contribution in [0.5, 0.6) is 0 Å². The highest BCUT2D eigenvalue weighted by atomic mass is 16.5. The fourth-order valence-electron chi connectivity index (χ4n) is 3.41. The first-order valence-corrected chi connectivity index (χ1v) is 8.39. The maximum atomic E-state index is 12.6. The van der Waals surface area contributed by atoms with Crippen molar-refractivity contribution in [1.82, 2.24) is 9.88 Å². The molecule has 1 unspecified atom stereocenters. The number of morpholine rings is 1. The molecule has 1 amide bonds. The van der Waals surface area contributed by atoms with E-state index in [1.165, 1.54) is 19.3 Å². The molecule has 2 fully saturated rings. The van der Waals surface area contributed by atoms with Gasteiger partial charge >= 0.3 is 0 Å². The summed E-state index contributed by atoms with van der Waals surface area (Å²) in [4.78, 5) is 21.2. The number of ether oxygens (including phenoxy) is 1. The van der Waals surface area contributed by atoms with E-state index in [2.05, 4.69) is 16.8 Å². The lowest BCUT2D eigenvalue weighted by Gasteiger charge is -2.37. The van der Waals surface area contributed by atoms with Crippen LogP contribution in [-0.4, -0.2) is 54.7 Å². The van der Waals surface area contributed by atoms with Crippen molar-refractivity contribution >= 4 is 11.6 Å². The number of aromatic nitrogens is 1. The van der Waals surface area contributed by atoms with Crippen molar-refractivity contribution in [3.05, 3.63) is 24.0 Å². The lowest BCUT2D eigenvalue weighted by molar-refractivity contribution is 0.0299. The third-order valence-electron chi connectivity index (χ3n) is 4.69. The minimum atomic E-state index is 0.0233. The Kier molecular flexibility index (Phi) is 4.93. The summed E-state index contributed by atoms with van der Waals surface area (Å²) in [5.74, 6) is 0.0233. The Morgan fingerprint density at radius 3 is 2.91 bits per heavy atom. The summed E-state index contributed by atoms with van der Waals surface area (Å²) < 4.78 is 5.31. The number of pyridine rings is 1. The summed E-state index contributed by atoms with van der Waals surface area (Å²) in [7, 11) is 0. The van der Waals surface area contributed by atoms with Gasteiger partial charge in [-0.3, -0.25) is 9.78 Å². The molecule has 5 nitrogen and oxygen atoms in total. The minimum absolute atomic E-state index is 0.0233. The lowest BCUT2D eigenvalue weighted by Crippen LogP contribution is -2.41. The predicted molar refractivity (Wildman–Crippen MR) is 86.2 cm³/mol. The van der Waals surface area contributed by atoms with Crippen molar-refractivity contribution in [2.24, 2.45) is 0 Å². The Morgan fingerprint density at radius 1 is 1.32 bits per heavy atom. The van der Waals surface area contributed by atoms with E-state index in [9.17, 15) is 4.79 Å². The van der Waals surface area contributed by atoms with E-state index >= 15 is 0 Å². The molecular weight excluding hydrogens is 278 g/mol. The van der Waals surface area contributed by atoms with Gasteiger partial charge in [-0.15, -0.1) is 0 Å². The molecule has 1 atom stereocenters. The second kappa shape index (κ2) is 7.09. The molecule has 0 spiro atoms. The van der Waals surface area contributed by atoms with Crippen molar-refractivity contribution in [2.75, 3.05) is 37.7 Å². The molecule has 120 valence electrons. The highest BCUT2D eigenvalue weighted by molar-refractivity contribution is 5.93. The summed E-state index contributed by atoms with van der Waals surface area (Å²) in [6, 6.07) is 4.58. The molecule has 0 saturated carbocycles. The zero-order valence-electron chi connectivity index (χ0n) is 13.3. The summed E-state index contributed by atoms with van der Waals surface area (Å²) in [5.41, 5.74) is 1.69. The Morgan fingerprint density at radius 2 is 2.14 bits per heavy atom. The summed E-state index contributed by atoms with van der Waals surface area (Å²) in [6.07, 6.45) is 6.69.